The van der Waals surface area contributed by atoms with Crippen LogP contribution in [-0.4, -0.2) is 41.5 Å². The molecule has 3 rings (SSSR count). The first-order valence-electron chi connectivity index (χ1n) is 9.11. The summed E-state index contributed by atoms with van der Waals surface area (Å²) < 4.78 is 37.0. The third kappa shape index (κ3) is 6.77. The van der Waals surface area contributed by atoms with Gasteiger partial charge in [0.25, 0.3) is 0 Å². The van der Waals surface area contributed by atoms with Crippen molar-refractivity contribution in [1.82, 2.24) is 25.4 Å². The third-order valence-electron chi connectivity index (χ3n) is 4.22. The van der Waals surface area contributed by atoms with Crippen molar-refractivity contribution in [1.29, 1.82) is 0 Å². The number of ether oxygens (including phenoxy) is 2. The number of halogens is 3. The van der Waals surface area contributed by atoms with E-state index in [2.05, 4.69) is 30.6 Å². The molecule has 166 valence electrons. The van der Waals surface area contributed by atoms with Gasteiger partial charge in [-0.15, -0.1) is 34.2 Å². The van der Waals surface area contributed by atoms with Gasteiger partial charge in [-0.05, 0) is 30.3 Å². The molecule has 31 heavy (non-hydrogen) atoms. The lowest BCUT2D eigenvalue weighted by atomic mass is 10.2. The number of hydrogen-bond donors (Lipinski definition) is 2. The summed E-state index contributed by atoms with van der Waals surface area (Å²) >= 11 is 0. The average molecular weight is 544 g/mol. The number of aliphatic imine (C=N–C) groups is 1. The summed E-state index contributed by atoms with van der Waals surface area (Å²) in [5.41, 5.74) is 1.44. The summed E-state index contributed by atoms with van der Waals surface area (Å²) in [6, 6.07) is 14.3. The van der Waals surface area contributed by atoms with Gasteiger partial charge in [0.1, 0.15) is 17.8 Å². The van der Waals surface area contributed by atoms with Crippen molar-refractivity contribution in [3.63, 3.8) is 0 Å². The number of para-hydroxylation sites is 1. The molecule has 0 unspecified atom stereocenters. The number of hydrogen-bond acceptors (Lipinski definition) is 5. The molecule has 0 aliphatic heterocycles. The molecule has 0 atom stereocenters. The van der Waals surface area contributed by atoms with Gasteiger partial charge >= 0.3 is 6.61 Å². The fourth-order valence-electron chi connectivity index (χ4n) is 2.78. The van der Waals surface area contributed by atoms with E-state index in [0.29, 0.717) is 29.6 Å². The highest BCUT2D eigenvalue weighted by Crippen LogP contribution is 2.25. The van der Waals surface area contributed by atoms with E-state index in [1.165, 1.54) is 13.2 Å². The second kappa shape index (κ2) is 12.0. The zero-order valence-corrected chi connectivity index (χ0v) is 19.3. The van der Waals surface area contributed by atoms with Crippen molar-refractivity contribution in [2.75, 3.05) is 14.2 Å². The van der Waals surface area contributed by atoms with Crippen molar-refractivity contribution in [2.45, 2.75) is 19.7 Å². The van der Waals surface area contributed by atoms with Crippen LogP contribution in [0.15, 0.2) is 59.9 Å². The Morgan fingerprint density at radius 2 is 1.87 bits per heavy atom. The molecule has 0 aliphatic carbocycles. The minimum atomic E-state index is -2.92. The van der Waals surface area contributed by atoms with E-state index in [4.69, 9.17) is 4.74 Å². The lowest BCUT2D eigenvalue weighted by Crippen LogP contribution is -2.37. The number of methoxy groups -OCH3 is 1. The van der Waals surface area contributed by atoms with Gasteiger partial charge in [0.2, 0.25) is 0 Å². The van der Waals surface area contributed by atoms with Crippen LogP contribution in [0, 0.1) is 0 Å². The number of nitrogens with one attached hydrogen (secondary N) is 2. The molecular formula is C20H23F2IN6O2. The highest BCUT2D eigenvalue weighted by atomic mass is 127. The molecule has 0 fully saturated rings. The molecule has 2 aromatic carbocycles. The minimum Gasteiger partial charge on any atom is -0.497 e. The molecule has 3 aromatic rings. The Kier molecular flexibility index (Phi) is 9.43. The van der Waals surface area contributed by atoms with E-state index in [9.17, 15) is 8.78 Å². The van der Waals surface area contributed by atoms with Gasteiger partial charge in [0.15, 0.2) is 11.8 Å². The topological polar surface area (TPSA) is 85.6 Å². The van der Waals surface area contributed by atoms with Gasteiger partial charge < -0.3 is 20.1 Å². The maximum absolute atomic E-state index is 12.7. The van der Waals surface area contributed by atoms with Crippen LogP contribution in [0.5, 0.6) is 11.5 Å². The SMILES string of the molecule is CN=C(NCc1cc(OC)ccc1OC(F)F)NCc1nncn1-c1ccccc1.I. The van der Waals surface area contributed by atoms with E-state index in [0.717, 1.165) is 5.69 Å². The molecule has 8 nitrogen and oxygen atoms in total. The Balaban J connectivity index is 0.00000341. The zero-order valence-electron chi connectivity index (χ0n) is 17.0. The number of benzene rings is 2. The predicted molar refractivity (Wildman–Crippen MR) is 123 cm³/mol. The van der Waals surface area contributed by atoms with Crippen LogP contribution in [0.2, 0.25) is 0 Å². The van der Waals surface area contributed by atoms with Crippen LogP contribution in [-0.2, 0) is 13.1 Å². The molecule has 1 heterocycles. The number of nitrogens with zero attached hydrogens (tertiary/aromatic N) is 4. The summed E-state index contributed by atoms with van der Waals surface area (Å²) in [5.74, 6) is 1.75. The largest absolute Gasteiger partial charge is 0.497 e. The number of rotatable bonds is 8. The maximum atomic E-state index is 12.7. The predicted octanol–water partition coefficient (Wildman–Crippen LogP) is 3.36. The fourth-order valence-corrected chi connectivity index (χ4v) is 2.78. The van der Waals surface area contributed by atoms with Crippen LogP contribution in [0.1, 0.15) is 11.4 Å². The monoisotopic (exact) mass is 544 g/mol. The van der Waals surface area contributed by atoms with Gasteiger partial charge in [0.05, 0.1) is 13.7 Å². The van der Waals surface area contributed by atoms with Crippen molar-refractivity contribution >= 4 is 29.9 Å². The summed E-state index contributed by atoms with van der Waals surface area (Å²) in [6.07, 6.45) is 1.63. The van der Waals surface area contributed by atoms with Crippen molar-refractivity contribution in [3.8, 4) is 17.2 Å². The first kappa shape index (κ1) is 24.3. The third-order valence-corrected chi connectivity index (χ3v) is 4.22. The first-order chi connectivity index (χ1) is 14.6. The first-order valence-corrected chi connectivity index (χ1v) is 9.11. The van der Waals surface area contributed by atoms with Crippen molar-refractivity contribution in [3.05, 3.63) is 66.2 Å². The Bertz CT molecular complexity index is 985. The van der Waals surface area contributed by atoms with Crippen LogP contribution >= 0.6 is 24.0 Å². The van der Waals surface area contributed by atoms with E-state index in [1.807, 2.05) is 34.9 Å². The summed E-state index contributed by atoms with van der Waals surface area (Å²) in [5, 5.41) is 14.3. The molecule has 0 saturated heterocycles. The molecule has 0 bridgehead atoms. The van der Waals surface area contributed by atoms with E-state index < -0.39 is 6.61 Å². The second-order valence-corrected chi connectivity index (χ2v) is 6.08. The van der Waals surface area contributed by atoms with Crippen LogP contribution in [0.3, 0.4) is 0 Å². The van der Waals surface area contributed by atoms with Gasteiger partial charge in [-0.2, -0.15) is 8.78 Å². The maximum Gasteiger partial charge on any atom is 0.387 e. The minimum absolute atomic E-state index is 0. The Morgan fingerprint density at radius 1 is 1.13 bits per heavy atom. The van der Waals surface area contributed by atoms with E-state index >= 15 is 0 Å². The standard InChI is InChI=1S/C20H22F2N6O2.HI/c1-23-20(24-11-14-10-16(29-2)8-9-17(14)30-19(21)22)25-12-18-27-26-13-28(18)15-6-4-3-5-7-15;/h3-10,13,19H,11-12H2,1-2H3,(H2,23,24,25);1H. The normalized spacial score (nSPS) is 11.1. The highest BCUT2D eigenvalue weighted by Gasteiger charge is 2.12. The van der Waals surface area contributed by atoms with Gasteiger partial charge in [0, 0.05) is 24.8 Å². The molecule has 0 spiro atoms. The second-order valence-electron chi connectivity index (χ2n) is 6.08. The molecule has 11 heteroatoms. The lowest BCUT2D eigenvalue weighted by Gasteiger charge is -2.15. The van der Waals surface area contributed by atoms with Gasteiger partial charge in [-0.1, -0.05) is 18.2 Å². The Morgan fingerprint density at radius 3 is 2.55 bits per heavy atom. The fraction of sp³-hybridized carbons (Fsp3) is 0.250. The summed E-state index contributed by atoms with van der Waals surface area (Å²) in [7, 11) is 3.11. The number of alkyl halides is 2. The number of aromatic nitrogens is 3. The molecule has 0 amide bonds. The highest BCUT2D eigenvalue weighted by molar-refractivity contribution is 14.0. The molecule has 0 saturated carbocycles. The van der Waals surface area contributed by atoms with E-state index in [-0.39, 0.29) is 36.3 Å². The van der Waals surface area contributed by atoms with Gasteiger partial charge in [-0.3, -0.25) is 9.56 Å². The van der Waals surface area contributed by atoms with Gasteiger partial charge in [-0.25, -0.2) is 0 Å². The number of guanidine groups is 1. The molecular weight excluding hydrogens is 521 g/mol. The van der Waals surface area contributed by atoms with E-state index in [1.54, 1.807) is 25.5 Å². The van der Waals surface area contributed by atoms with Crippen LogP contribution in [0.4, 0.5) is 8.78 Å². The molecule has 0 aliphatic rings. The van der Waals surface area contributed by atoms with Crippen molar-refractivity contribution in [2.24, 2.45) is 4.99 Å². The molecule has 2 N–H and O–H groups in total. The summed E-state index contributed by atoms with van der Waals surface area (Å²) in [6.45, 7) is -2.36. The average Bonchev–Trinajstić information content (AvgIpc) is 3.23. The van der Waals surface area contributed by atoms with Crippen molar-refractivity contribution < 1.29 is 18.3 Å². The zero-order chi connectivity index (χ0) is 21.3. The lowest BCUT2D eigenvalue weighted by molar-refractivity contribution is -0.0504. The quantitative estimate of drug-likeness (QED) is 0.257. The Hall–Kier alpha value is -2.96. The Labute approximate surface area is 195 Å². The molecule has 0 radical (unpaired) electrons. The van der Waals surface area contributed by atoms with Crippen LogP contribution in [0.25, 0.3) is 5.69 Å². The van der Waals surface area contributed by atoms with Crippen LogP contribution < -0.4 is 20.1 Å². The molecule has 1 aromatic heterocycles. The smallest absolute Gasteiger partial charge is 0.387 e. The summed E-state index contributed by atoms with van der Waals surface area (Å²) in [4.78, 5) is 4.15.